The SMILES string of the molecule is N#CC1=C(N=Cc2cc(Br)cc(Br)c2O)CCC1. The first-order valence-electron chi connectivity index (χ1n) is 5.46. The fourth-order valence-electron chi connectivity index (χ4n) is 1.82. The first kappa shape index (κ1) is 13.3. The Balaban J connectivity index is 2.33. The Morgan fingerprint density at radius 1 is 1.33 bits per heavy atom. The lowest BCUT2D eigenvalue weighted by molar-refractivity contribution is 0.471. The zero-order valence-corrected chi connectivity index (χ0v) is 12.6. The third-order valence-corrected chi connectivity index (χ3v) is 3.80. The van der Waals surface area contributed by atoms with E-state index in [4.69, 9.17) is 5.26 Å². The van der Waals surface area contributed by atoms with Gasteiger partial charge < -0.3 is 5.11 Å². The molecule has 0 bridgehead atoms. The predicted octanol–water partition coefficient (Wildman–Crippen LogP) is 4.30. The van der Waals surface area contributed by atoms with E-state index in [1.54, 1.807) is 18.3 Å². The number of nitrogens with zero attached hydrogens (tertiary/aromatic N) is 2. The third-order valence-electron chi connectivity index (χ3n) is 2.74. The summed E-state index contributed by atoms with van der Waals surface area (Å²) in [4.78, 5) is 4.32. The van der Waals surface area contributed by atoms with E-state index in [1.165, 1.54) is 0 Å². The van der Waals surface area contributed by atoms with Gasteiger partial charge in [0.1, 0.15) is 5.75 Å². The monoisotopic (exact) mass is 368 g/mol. The molecular formula is C13H10Br2N2O. The normalized spacial score (nSPS) is 15.4. The Morgan fingerprint density at radius 2 is 2.11 bits per heavy atom. The Kier molecular flexibility index (Phi) is 4.20. The van der Waals surface area contributed by atoms with Crippen LogP contribution in [-0.2, 0) is 0 Å². The average Bonchev–Trinajstić information content (AvgIpc) is 2.79. The van der Waals surface area contributed by atoms with E-state index in [0.717, 1.165) is 35.0 Å². The van der Waals surface area contributed by atoms with Crippen LogP contribution in [0.25, 0.3) is 0 Å². The highest BCUT2D eigenvalue weighted by Crippen LogP contribution is 2.31. The number of benzene rings is 1. The van der Waals surface area contributed by atoms with Crippen molar-refractivity contribution in [1.82, 2.24) is 0 Å². The first-order valence-corrected chi connectivity index (χ1v) is 7.04. The summed E-state index contributed by atoms with van der Waals surface area (Å²) in [6.45, 7) is 0. The number of aromatic hydroxyl groups is 1. The van der Waals surface area contributed by atoms with Crippen molar-refractivity contribution in [3.8, 4) is 11.8 Å². The molecule has 0 saturated heterocycles. The number of halogens is 2. The molecule has 1 aliphatic rings. The molecule has 0 aromatic heterocycles. The van der Waals surface area contributed by atoms with Gasteiger partial charge in [0.05, 0.1) is 21.8 Å². The molecule has 0 amide bonds. The van der Waals surface area contributed by atoms with E-state index in [0.29, 0.717) is 10.0 Å². The maximum Gasteiger partial charge on any atom is 0.138 e. The zero-order chi connectivity index (χ0) is 13.1. The molecule has 0 fully saturated rings. The number of allylic oxidation sites excluding steroid dienone is 2. The van der Waals surface area contributed by atoms with Crippen LogP contribution >= 0.6 is 31.9 Å². The van der Waals surface area contributed by atoms with Gasteiger partial charge in [0.15, 0.2) is 0 Å². The van der Waals surface area contributed by atoms with Gasteiger partial charge >= 0.3 is 0 Å². The molecule has 2 rings (SSSR count). The molecule has 0 heterocycles. The highest BCUT2D eigenvalue weighted by molar-refractivity contribution is 9.11. The van der Waals surface area contributed by atoms with Gasteiger partial charge in [0.2, 0.25) is 0 Å². The lowest BCUT2D eigenvalue weighted by atomic mass is 10.2. The lowest BCUT2D eigenvalue weighted by Crippen LogP contribution is -1.86. The Hall–Kier alpha value is -1.12. The minimum Gasteiger partial charge on any atom is -0.506 e. The number of phenols is 1. The molecular weight excluding hydrogens is 360 g/mol. The molecule has 18 heavy (non-hydrogen) atoms. The van der Waals surface area contributed by atoms with Crippen LogP contribution in [-0.4, -0.2) is 11.3 Å². The minimum atomic E-state index is 0.152. The van der Waals surface area contributed by atoms with Crippen LogP contribution in [0, 0.1) is 11.3 Å². The van der Waals surface area contributed by atoms with Crippen molar-refractivity contribution in [2.24, 2.45) is 4.99 Å². The smallest absolute Gasteiger partial charge is 0.138 e. The topological polar surface area (TPSA) is 56.4 Å². The van der Waals surface area contributed by atoms with Gasteiger partial charge in [-0.05, 0) is 47.3 Å². The van der Waals surface area contributed by atoms with Gasteiger partial charge in [0, 0.05) is 16.3 Å². The largest absolute Gasteiger partial charge is 0.506 e. The van der Waals surface area contributed by atoms with Crippen LogP contribution in [0.15, 0.2) is 37.3 Å². The van der Waals surface area contributed by atoms with Crippen LogP contribution in [0.3, 0.4) is 0 Å². The van der Waals surface area contributed by atoms with Crippen LogP contribution in [0.4, 0.5) is 0 Å². The van der Waals surface area contributed by atoms with Crippen LogP contribution < -0.4 is 0 Å². The summed E-state index contributed by atoms with van der Waals surface area (Å²) in [6.07, 6.45) is 4.21. The molecule has 92 valence electrons. The summed E-state index contributed by atoms with van der Waals surface area (Å²) >= 11 is 6.63. The van der Waals surface area contributed by atoms with E-state index in [1.807, 2.05) is 0 Å². The van der Waals surface area contributed by atoms with Crippen LogP contribution in [0.2, 0.25) is 0 Å². The summed E-state index contributed by atoms with van der Waals surface area (Å²) in [7, 11) is 0. The molecule has 0 radical (unpaired) electrons. The molecule has 0 saturated carbocycles. The van der Waals surface area contributed by atoms with Gasteiger partial charge in [-0.2, -0.15) is 5.26 Å². The van der Waals surface area contributed by atoms with E-state index in [9.17, 15) is 5.11 Å². The van der Waals surface area contributed by atoms with Gasteiger partial charge in [-0.3, -0.25) is 4.99 Å². The highest BCUT2D eigenvalue weighted by Gasteiger charge is 2.13. The number of nitriles is 1. The van der Waals surface area contributed by atoms with Crippen molar-refractivity contribution in [3.05, 3.63) is 37.9 Å². The van der Waals surface area contributed by atoms with Crippen LogP contribution in [0.5, 0.6) is 5.75 Å². The molecule has 1 aromatic carbocycles. The highest BCUT2D eigenvalue weighted by atomic mass is 79.9. The molecule has 0 atom stereocenters. The molecule has 0 aliphatic heterocycles. The summed E-state index contributed by atoms with van der Waals surface area (Å²) in [6, 6.07) is 5.72. The van der Waals surface area contributed by atoms with Crippen LogP contribution in [0.1, 0.15) is 24.8 Å². The van der Waals surface area contributed by atoms with E-state index in [-0.39, 0.29) is 5.75 Å². The van der Waals surface area contributed by atoms with Crippen molar-refractivity contribution in [1.29, 1.82) is 5.26 Å². The van der Waals surface area contributed by atoms with E-state index >= 15 is 0 Å². The maximum absolute atomic E-state index is 9.88. The number of hydrogen-bond donors (Lipinski definition) is 1. The van der Waals surface area contributed by atoms with Crippen molar-refractivity contribution in [3.63, 3.8) is 0 Å². The number of rotatable bonds is 2. The Morgan fingerprint density at radius 3 is 2.83 bits per heavy atom. The fourth-order valence-corrected chi connectivity index (χ4v) is 3.08. The Labute approximate surface area is 122 Å². The van der Waals surface area contributed by atoms with Crippen molar-refractivity contribution >= 4 is 38.1 Å². The van der Waals surface area contributed by atoms with Crippen molar-refractivity contribution < 1.29 is 5.11 Å². The second-order valence-corrected chi connectivity index (χ2v) is 5.74. The molecule has 0 unspecified atom stereocenters. The predicted molar refractivity (Wildman–Crippen MR) is 77.6 cm³/mol. The fraction of sp³-hybridized carbons (Fsp3) is 0.231. The summed E-state index contributed by atoms with van der Waals surface area (Å²) in [5.74, 6) is 0.152. The number of aliphatic imine (C=N–C) groups is 1. The van der Waals surface area contributed by atoms with Crippen molar-refractivity contribution in [2.45, 2.75) is 19.3 Å². The van der Waals surface area contributed by atoms with Gasteiger partial charge in [-0.1, -0.05) is 15.9 Å². The quantitative estimate of drug-likeness (QED) is 0.790. The van der Waals surface area contributed by atoms with E-state index < -0.39 is 0 Å². The van der Waals surface area contributed by atoms with Gasteiger partial charge in [-0.15, -0.1) is 0 Å². The van der Waals surface area contributed by atoms with Gasteiger partial charge in [0.25, 0.3) is 0 Å². The molecule has 1 aromatic rings. The molecule has 5 heteroatoms. The summed E-state index contributed by atoms with van der Waals surface area (Å²) < 4.78 is 1.47. The summed E-state index contributed by atoms with van der Waals surface area (Å²) in [5, 5.41) is 18.8. The second-order valence-electron chi connectivity index (χ2n) is 3.97. The lowest BCUT2D eigenvalue weighted by Gasteiger charge is -2.03. The molecule has 1 aliphatic carbocycles. The first-order chi connectivity index (χ1) is 8.61. The average molecular weight is 370 g/mol. The maximum atomic E-state index is 9.88. The molecule has 0 spiro atoms. The third kappa shape index (κ3) is 2.82. The molecule has 3 nitrogen and oxygen atoms in total. The summed E-state index contributed by atoms with van der Waals surface area (Å²) in [5.41, 5.74) is 2.20. The number of hydrogen-bond acceptors (Lipinski definition) is 3. The van der Waals surface area contributed by atoms with E-state index in [2.05, 4.69) is 42.9 Å². The standard InChI is InChI=1S/C13H10Br2N2O/c14-10-4-9(13(18)11(15)5-10)7-17-12-3-1-2-8(12)6-16/h4-5,7,18H,1-3H2. The zero-order valence-electron chi connectivity index (χ0n) is 9.45. The second kappa shape index (κ2) is 5.68. The van der Waals surface area contributed by atoms with Crippen molar-refractivity contribution in [2.75, 3.05) is 0 Å². The minimum absolute atomic E-state index is 0.152. The Bertz CT molecular complexity index is 585. The van der Waals surface area contributed by atoms with Gasteiger partial charge in [-0.25, -0.2) is 0 Å². The molecule has 1 N–H and O–H groups in total. The number of phenolic OH excluding ortho intramolecular Hbond substituents is 1.